The Balaban J connectivity index is 2.34. The Morgan fingerprint density at radius 3 is 2.75 bits per heavy atom. The predicted molar refractivity (Wildman–Crippen MR) is 60.2 cm³/mol. The third-order valence-corrected chi connectivity index (χ3v) is 2.62. The lowest BCUT2D eigenvalue weighted by molar-refractivity contribution is -0.139. The number of amides is 2. The molecule has 5 heteroatoms. The number of hydrogen-bond donors (Lipinski definition) is 3. The van der Waals surface area contributed by atoms with Gasteiger partial charge in [-0.25, -0.2) is 9.59 Å². The Labute approximate surface area is 94.9 Å². The lowest BCUT2D eigenvalue weighted by Crippen LogP contribution is -2.48. The molecule has 0 aromatic rings. The Bertz CT molecular complexity index is 289. The van der Waals surface area contributed by atoms with Gasteiger partial charge in [-0.2, -0.15) is 0 Å². The first kappa shape index (κ1) is 12.5. The van der Waals surface area contributed by atoms with E-state index in [0.29, 0.717) is 6.42 Å². The standard InChI is InChI=1S/C11H18N2O3/c1-2-9(10(14)15)13-11(16)12-8-6-4-3-5-7-8/h3-4,8-9H,2,5-7H2,1H3,(H,14,15)(H2,12,13,16)/t8?,9-/m1/s1. The highest BCUT2D eigenvalue weighted by molar-refractivity contribution is 5.82. The minimum absolute atomic E-state index is 0.122. The third-order valence-electron chi connectivity index (χ3n) is 2.62. The average molecular weight is 226 g/mol. The van der Waals surface area contributed by atoms with Crippen molar-refractivity contribution in [3.8, 4) is 0 Å². The molecule has 0 bridgehead atoms. The van der Waals surface area contributed by atoms with Crippen LogP contribution in [0.25, 0.3) is 0 Å². The molecule has 90 valence electrons. The van der Waals surface area contributed by atoms with Crippen LogP contribution >= 0.6 is 0 Å². The lowest BCUT2D eigenvalue weighted by atomic mass is 10.0. The normalized spacial score (nSPS) is 21.2. The molecule has 0 aromatic heterocycles. The van der Waals surface area contributed by atoms with Gasteiger partial charge in [0, 0.05) is 6.04 Å². The number of carboxylic acids is 1. The molecule has 1 aliphatic rings. The maximum absolute atomic E-state index is 11.5. The molecule has 3 N–H and O–H groups in total. The number of allylic oxidation sites excluding steroid dienone is 1. The number of rotatable bonds is 4. The van der Waals surface area contributed by atoms with Crippen molar-refractivity contribution in [3.05, 3.63) is 12.2 Å². The summed E-state index contributed by atoms with van der Waals surface area (Å²) in [5, 5.41) is 14.0. The number of carbonyl (C=O) groups excluding carboxylic acids is 1. The molecule has 1 aliphatic carbocycles. The number of urea groups is 1. The molecule has 2 atom stereocenters. The molecule has 16 heavy (non-hydrogen) atoms. The van der Waals surface area contributed by atoms with Crippen LogP contribution in [0.5, 0.6) is 0 Å². The van der Waals surface area contributed by atoms with Crippen LogP contribution in [0.2, 0.25) is 0 Å². The van der Waals surface area contributed by atoms with E-state index >= 15 is 0 Å². The summed E-state index contributed by atoms with van der Waals surface area (Å²) in [6.45, 7) is 1.72. The first-order chi connectivity index (χ1) is 7.63. The van der Waals surface area contributed by atoms with Crippen LogP contribution in [0.1, 0.15) is 32.6 Å². The molecule has 0 aliphatic heterocycles. The van der Waals surface area contributed by atoms with Crippen molar-refractivity contribution in [2.75, 3.05) is 0 Å². The smallest absolute Gasteiger partial charge is 0.326 e. The van der Waals surface area contributed by atoms with Crippen molar-refractivity contribution in [2.45, 2.75) is 44.7 Å². The van der Waals surface area contributed by atoms with E-state index in [1.54, 1.807) is 6.92 Å². The molecular weight excluding hydrogens is 208 g/mol. The van der Waals surface area contributed by atoms with Crippen LogP contribution in [0.3, 0.4) is 0 Å². The van der Waals surface area contributed by atoms with Crippen LogP contribution in [-0.4, -0.2) is 29.2 Å². The summed E-state index contributed by atoms with van der Waals surface area (Å²) in [4.78, 5) is 22.2. The highest BCUT2D eigenvalue weighted by atomic mass is 16.4. The van der Waals surface area contributed by atoms with Gasteiger partial charge in [-0.3, -0.25) is 0 Å². The molecular formula is C11H18N2O3. The summed E-state index contributed by atoms with van der Waals surface area (Å²) in [6, 6.07) is -1.08. The summed E-state index contributed by atoms with van der Waals surface area (Å²) in [7, 11) is 0. The average Bonchev–Trinajstić information content (AvgIpc) is 2.27. The SMILES string of the molecule is CC[C@@H](NC(=O)NC1CC=CCC1)C(=O)O. The van der Waals surface area contributed by atoms with E-state index in [-0.39, 0.29) is 6.04 Å². The zero-order chi connectivity index (χ0) is 12.0. The lowest BCUT2D eigenvalue weighted by Gasteiger charge is -2.21. The molecule has 0 fully saturated rings. The maximum Gasteiger partial charge on any atom is 0.326 e. The van der Waals surface area contributed by atoms with Gasteiger partial charge >= 0.3 is 12.0 Å². The van der Waals surface area contributed by atoms with E-state index in [1.807, 2.05) is 6.08 Å². The van der Waals surface area contributed by atoms with Crippen molar-refractivity contribution in [3.63, 3.8) is 0 Å². The highest BCUT2D eigenvalue weighted by Crippen LogP contribution is 2.10. The molecule has 1 unspecified atom stereocenters. The first-order valence-corrected chi connectivity index (χ1v) is 5.58. The van der Waals surface area contributed by atoms with Gasteiger partial charge in [0.2, 0.25) is 0 Å². The van der Waals surface area contributed by atoms with E-state index in [1.165, 1.54) is 0 Å². The summed E-state index contributed by atoms with van der Waals surface area (Å²) in [5.74, 6) is -0.999. The highest BCUT2D eigenvalue weighted by Gasteiger charge is 2.19. The molecule has 2 amide bonds. The van der Waals surface area contributed by atoms with Crippen molar-refractivity contribution >= 4 is 12.0 Å². The molecule has 0 heterocycles. The maximum atomic E-state index is 11.5. The number of carbonyl (C=O) groups is 2. The van der Waals surface area contributed by atoms with E-state index in [9.17, 15) is 9.59 Å². The zero-order valence-electron chi connectivity index (χ0n) is 9.40. The second-order valence-corrected chi connectivity index (χ2v) is 3.90. The molecule has 0 saturated heterocycles. The number of aliphatic carboxylic acids is 1. The second-order valence-electron chi connectivity index (χ2n) is 3.90. The first-order valence-electron chi connectivity index (χ1n) is 5.58. The fourth-order valence-corrected chi connectivity index (χ4v) is 1.65. The van der Waals surface area contributed by atoms with Gasteiger partial charge < -0.3 is 15.7 Å². The Hall–Kier alpha value is -1.52. The van der Waals surface area contributed by atoms with Crippen LogP contribution in [0.4, 0.5) is 4.79 Å². The number of nitrogens with one attached hydrogen (secondary N) is 2. The van der Waals surface area contributed by atoms with Gasteiger partial charge in [-0.15, -0.1) is 0 Å². The molecule has 0 saturated carbocycles. The van der Waals surface area contributed by atoms with Gasteiger partial charge in [0.15, 0.2) is 0 Å². The van der Waals surface area contributed by atoms with E-state index in [2.05, 4.69) is 16.7 Å². The minimum atomic E-state index is -0.999. The topological polar surface area (TPSA) is 78.4 Å². The van der Waals surface area contributed by atoms with Crippen molar-refractivity contribution in [1.29, 1.82) is 0 Å². The number of hydrogen-bond acceptors (Lipinski definition) is 2. The third kappa shape index (κ3) is 3.92. The largest absolute Gasteiger partial charge is 0.480 e. The summed E-state index contributed by atoms with van der Waals surface area (Å²) in [6.07, 6.45) is 7.19. The number of carboxylic acid groups (broad SMARTS) is 1. The van der Waals surface area contributed by atoms with Gasteiger partial charge in [0.05, 0.1) is 0 Å². The predicted octanol–water partition coefficient (Wildman–Crippen LogP) is 1.26. The van der Waals surface area contributed by atoms with Gasteiger partial charge in [-0.1, -0.05) is 19.1 Å². The Morgan fingerprint density at radius 2 is 2.25 bits per heavy atom. The van der Waals surface area contributed by atoms with Crippen LogP contribution in [0, 0.1) is 0 Å². The van der Waals surface area contributed by atoms with E-state index in [0.717, 1.165) is 19.3 Å². The van der Waals surface area contributed by atoms with Crippen molar-refractivity contribution in [2.24, 2.45) is 0 Å². The van der Waals surface area contributed by atoms with Crippen molar-refractivity contribution < 1.29 is 14.7 Å². The molecule has 0 radical (unpaired) electrons. The zero-order valence-corrected chi connectivity index (χ0v) is 9.40. The Kier molecular flexibility index (Phi) is 4.82. The quantitative estimate of drug-likeness (QED) is 0.631. The summed E-state index contributed by atoms with van der Waals surface area (Å²) >= 11 is 0. The van der Waals surface area contributed by atoms with Crippen molar-refractivity contribution in [1.82, 2.24) is 10.6 Å². The fourth-order valence-electron chi connectivity index (χ4n) is 1.65. The minimum Gasteiger partial charge on any atom is -0.480 e. The second kappa shape index (κ2) is 6.15. The molecule has 0 spiro atoms. The summed E-state index contributed by atoms with van der Waals surface area (Å²) in [5.41, 5.74) is 0. The molecule has 5 nitrogen and oxygen atoms in total. The van der Waals surface area contributed by atoms with Crippen LogP contribution < -0.4 is 10.6 Å². The fraction of sp³-hybridized carbons (Fsp3) is 0.636. The molecule has 0 aromatic carbocycles. The Morgan fingerprint density at radius 1 is 1.50 bits per heavy atom. The van der Waals surface area contributed by atoms with Crippen LogP contribution in [0.15, 0.2) is 12.2 Å². The molecule has 1 rings (SSSR count). The monoisotopic (exact) mass is 226 g/mol. The van der Waals surface area contributed by atoms with E-state index < -0.39 is 18.0 Å². The van der Waals surface area contributed by atoms with Gasteiger partial charge in [-0.05, 0) is 25.7 Å². The van der Waals surface area contributed by atoms with Gasteiger partial charge in [0.25, 0.3) is 0 Å². The van der Waals surface area contributed by atoms with E-state index in [4.69, 9.17) is 5.11 Å². The van der Waals surface area contributed by atoms with Crippen LogP contribution in [-0.2, 0) is 4.79 Å². The van der Waals surface area contributed by atoms with Gasteiger partial charge in [0.1, 0.15) is 6.04 Å². The summed E-state index contributed by atoms with van der Waals surface area (Å²) < 4.78 is 0.